The van der Waals surface area contributed by atoms with Crippen molar-refractivity contribution in [3.63, 3.8) is 0 Å². The first kappa shape index (κ1) is 15.7. The Labute approximate surface area is 131 Å². The van der Waals surface area contributed by atoms with E-state index in [9.17, 15) is 0 Å². The molecule has 21 heavy (non-hydrogen) atoms. The van der Waals surface area contributed by atoms with Crippen LogP contribution in [0.15, 0.2) is 42.5 Å². The van der Waals surface area contributed by atoms with Gasteiger partial charge in [-0.1, -0.05) is 41.9 Å². The van der Waals surface area contributed by atoms with Gasteiger partial charge < -0.3 is 15.4 Å². The van der Waals surface area contributed by atoms with Gasteiger partial charge in [-0.2, -0.15) is 0 Å². The zero-order chi connectivity index (χ0) is 15.2. The number of nitrogens with zero attached hydrogens (tertiary/aromatic N) is 1. The van der Waals surface area contributed by atoms with Crippen molar-refractivity contribution in [2.24, 2.45) is 5.73 Å². The number of anilines is 1. The van der Waals surface area contributed by atoms with Crippen molar-refractivity contribution < 1.29 is 4.74 Å². The maximum Gasteiger partial charge on any atom is 0.123 e. The molecule has 0 unspecified atom stereocenters. The zero-order valence-corrected chi connectivity index (χ0v) is 13.2. The highest BCUT2D eigenvalue weighted by molar-refractivity contribution is 6.33. The van der Waals surface area contributed by atoms with Crippen LogP contribution in [0.3, 0.4) is 0 Å². The monoisotopic (exact) mass is 304 g/mol. The van der Waals surface area contributed by atoms with Gasteiger partial charge in [-0.15, -0.1) is 0 Å². The fraction of sp³-hybridized carbons (Fsp3) is 0.294. The number of rotatable bonds is 6. The fourth-order valence-electron chi connectivity index (χ4n) is 2.51. The van der Waals surface area contributed by atoms with Crippen LogP contribution in [0, 0.1) is 0 Å². The van der Waals surface area contributed by atoms with Crippen LogP contribution in [0.5, 0.6) is 5.75 Å². The first-order chi connectivity index (χ1) is 10.2. The minimum atomic E-state index is 0.607. The molecule has 2 aromatic rings. The number of benzene rings is 2. The predicted octanol–water partition coefficient (Wildman–Crippen LogP) is 3.49. The second-order valence-electron chi connectivity index (χ2n) is 4.95. The van der Waals surface area contributed by atoms with Crippen LogP contribution in [-0.4, -0.2) is 20.7 Å². The molecule has 0 aliphatic rings. The fourth-order valence-corrected chi connectivity index (χ4v) is 2.85. The van der Waals surface area contributed by atoms with Gasteiger partial charge in [-0.05, 0) is 30.7 Å². The number of hydrogen-bond donors (Lipinski definition) is 1. The van der Waals surface area contributed by atoms with Crippen molar-refractivity contribution in [2.45, 2.75) is 13.0 Å². The van der Waals surface area contributed by atoms with Gasteiger partial charge in [0.1, 0.15) is 5.75 Å². The van der Waals surface area contributed by atoms with Crippen molar-refractivity contribution in [3.05, 3.63) is 58.6 Å². The highest BCUT2D eigenvalue weighted by Gasteiger charge is 2.13. The normalized spacial score (nSPS) is 10.5. The molecule has 0 amide bonds. The lowest BCUT2D eigenvalue weighted by Gasteiger charge is -2.24. The predicted molar refractivity (Wildman–Crippen MR) is 89.3 cm³/mol. The molecule has 3 nitrogen and oxygen atoms in total. The van der Waals surface area contributed by atoms with E-state index in [2.05, 4.69) is 17.0 Å². The Morgan fingerprint density at radius 1 is 1.10 bits per heavy atom. The lowest BCUT2D eigenvalue weighted by Crippen LogP contribution is -2.20. The molecule has 0 saturated carbocycles. The molecule has 0 radical (unpaired) electrons. The molecule has 0 heterocycles. The smallest absolute Gasteiger partial charge is 0.123 e. The molecule has 0 bridgehead atoms. The Kier molecular flexibility index (Phi) is 5.48. The molecule has 0 saturated heterocycles. The lowest BCUT2D eigenvalue weighted by atomic mass is 10.1. The molecule has 0 atom stereocenters. The Balaban J connectivity index is 2.30. The summed E-state index contributed by atoms with van der Waals surface area (Å²) in [5.74, 6) is 0.886. The number of ether oxygens (including phenoxy) is 1. The highest BCUT2D eigenvalue weighted by atomic mass is 35.5. The summed E-state index contributed by atoms with van der Waals surface area (Å²) in [4.78, 5) is 2.14. The highest BCUT2D eigenvalue weighted by Crippen LogP contribution is 2.31. The van der Waals surface area contributed by atoms with Gasteiger partial charge in [0.2, 0.25) is 0 Å². The van der Waals surface area contributed by atoms with E-state index in [0.29, 0.717) is 6.54 Å². The van der Waals surface area contributed by atoms with Gasteiger partial charge in [0.25, 0.3) is 0 Å². The topological polar surface area (TPSA) is 38.5 Å². The minimum absolute atomic E-state index is 0.607. The third kappa shape index (κ3) is 3.69. The molecule has 0 spiro atoms. The van der Waals surface area contributed by atoms with Gasteiger partial charge >= 0.3 is 0 Å². The molecule has 2 N–H and O–H groups in total. The molecule has 0 aromatic heterocycles. The van der Waals surface area contributed by atoms with E-state index in [1.165, 1.54) is 5.56 Å². The summed E-state index contributed by atoms with van der Waals surface area (Å²) in [6.07, 6.45) is 0.812. The second-order valence-corrected chi connectivity index (χ2v) is 5.36. The minimum Gasteiger partial charge on any atom is -0.496 e. The maximum absolute atomic E-state index is 6.39. The average Bonchev–Trinajstić information content (AvgIpc) is 2.48. The van der Waals surface area contributed by atoms with Crippen LogP contribution >= 0.6 is 11.6 Å². The van der Waals surface area contributed by atoms with Gasteiger partial charge in [0.15, 0.2) is 0 Å². The number of halogens is 1. The SMILES string of the molecule is COc1ccccc1CN(C)c1c(Cl)cccc1CCN. The van der Waals surface area contributed by atoms with E-state index in [1.807, 2.05) is 37.4 Å². The Bertz CT molecular complexity index is 601. The van der Waals surface area contributed by atoms with Crippen LogP contribution in [0.4, 0.5) is 5.69 Å². The van der Waals surface area contributed by atoms with Crippen molar-refractivity contribution in [1.29, 1.82) is 0 Å². The Morgan fingerprint density at radius 2 is 1.81 bits per heavy atom. The first-order valence-corrected chi connectivity index (χ1v) is 7.35. The quantitative estimate of drug-likeness (QED) is 0.888. The summed E-state index contributed by atoms with van der Waals surface area (Å²) in [6.45, 7) is 1.33. The van der Waals surface area contributed by atoms with E-state index in [0.717, 1.165) is 35.0 Å². The molecule has 0 aliphatic carbocycles. The van der Waals surface area contributed by atoms with Crippen LogP contribution in [0.2, 0.25) is 5.02 Å². The summed E-state index contributed by atoms with van der Waals surface area (Å²) >= 11 is 6.39. The zero-order valence-electron chi connectivity index (χ0n) is 12.5. The summed E-state index contributed by atoms with van der Waals surface area (Å²) in [5, 5.41) is 0.748. The van der Waals surface area contributed by atoms with Crippen molar-refractivity contribution in [3.8, 4) is 5.75 Å². The van der Waals surface area contributed by atoms with E-state index in [-0.39, 0.29) is 0 Å². The van der Waals surface area contributed by atoms with Gasteiger partial charge in [-0.25, -0.2) is 0 Å². The molecular formula is C17H21ClN2O. The maximum atomic E-state index is 6.39. The summed E-state index contributed by atoms with van der Waals surface area (Å²) in [7, 11) is 3.72. The summed E-state index contributed by atoms with van der Waals surface area (Å²) in [5.41, 5.74) is 9.03. The molecule has 112 valence electrons. The molecule has 4 heteroatoms. The average molecular weight is 305 g/mol. The van der Waals surface area contributed by atoms with Crippen LogP contribution in [0.1, 0.15) is 11.1 Å². The Morgan fingerprint density at radius 3 is 2.52 bits per heavy atom. The molecule has 2 rings (SSSR count). The molecular weight excluding hydrogens is 284 g/mol. The number of para-hydroxylation sites is 2. The summed E-state index contributed by atoms with van der Waals surface area (Å²) < 4.78 is 5.41. The first-order valence-electron chi connectivity index (χ1n) is 6.98. The third-order valence-electron chi connectivity index (χ3n) is 3.47. The number of hydrogen-bond acceptors (Lipinski definition) is 3. The largest absolute Gasteiger partial charge is 0.496 e. The number of methoxy groups -OCH3 is 1. The molecule has 0 fully saturated rings. The van der Waals surface area contributed by atoms with Crippen molar-refractivity contribution >= 4 is 17.3 Å². The van der Waals surface area contributed by atoms with Crippen LogP contribution in [0.25, 0.3) is 0 Å². The van der Waals surface area contributed by atoms with Gasteiger partial charge in [-0.3, -0.25) is 0 Å². The molecule has 2 aromatic carbocycles. The van der Waals surface area contributed by atoms with Gasteiger partial charge in [0, 0.05) is 19.2 Å². The third-order valence-corrected chi connectivity index (χ3v) is 3.77. The van der Waals surface area contributed by atoms with E-state index >= 15 is 0 Å². The summed E-state index contributed by atoms with van der Waals surface area (Å²) in [6, 6.07) is 14.0. The Hall–Kier alpha value is -1.71. The molecule has 0 aliphatic heterocycles. The number of nitrogens with two attached hydrogens (primary N) is 1. The second kappa shape index (κ2) is 7.34. The van der Waals surface area contributed by atoms with Crippen LogP contribution < -0.4 is 15.4 Å². The van der Waals surface area contributed by atoms with Crippen molar-refractivity contribution in [1.82, 2.24) is 0 Å². The standard InChI is InChI=1S/C17H21ClN2O/c1-20(12-14-6-3-4-9-16(14)21-2)17-13(10-11-19)7-5-8-15(17)18/h3-9H,10-12,19H2,1-2H3. The lowest BCUT2D eigenvalue weighted by molar-refractivity contribution is 0.409. The van der Waals surface area contributed by atoms with E-state index < -0.39 is 0 Å². The van der Waals surface area contributed by atoms with E-state index in [4.69, 9.17) is 22.1 Å². The van der Waals surface area contributed by atoms with Gasteiger partial charge in [0.05, 0.1) is 17.8 Å². The van der Waals surface area contributed by atoms with Crippen molar-refractivity contribution in [2.75, 3.05) is 25.6 Å². The van der Waals surface area contributed by atoms with E-state index in [1.54, 1.807) is 7.11 Å². The van der Waals surface area contributed by atoms with Crippen LogP contribution in [-0.2, 0) is 13.0 Å².